The van der Waals surface area contributed by atoms with Crippen molar-refractivity contribution in [2.24, 2.45) is 10.8 Å². The van der Waals surface area contributed by atoms with E-state index in [1.807, 2.05) is 42.5 Å². The summed E-state index contributed by atoms with van der Waals surface area (Å²) in [6.45, 7) is 0.144. The fourth-order valence-corrected chi connectivity index (χ4v) is 4.36. The zero-order valence-corrected chi connectivity index (χ0v) is 21.9. The zero-order chi connectivity index (χ0) is 28.1. The van der Waals surface area contributed by atoms with Crippen molar-refractivity contribution in [3.8, 4) is 6.01 Å². The highest BCUT2D eigenvalue weighted by atomic mass is 35.5. The Kier molecular flexibility index (Phi) is 7.97. The number of amides is 2. The minimum atomic E-state index is -0.694. The Balaban J connectivity index is 1.52. The summed E-state index contributed by atoms with van der Waals surface area (Å²) in [6.07, 6.45) is 1.32. The summed E-state index contributed by atoms with van der Waals surface area (Å²) in [6, 6.07) is 23.0. The molecule has 0 radical (unpaired) electrons. The lowest BCUT2D eigenvalue weighted by molar-refractivity contribution is -0.117. The fourth-order valence-electron chi connectivity index (χ4n) is 4.24. The van der Waals surface area contributed by atoms with Crippen LogP contribution in [0.3, 0.4) is 0 Å². The van der Waals surface area contributed by atoms with Crippen LogP contribution >= 0.6 is 11.6 Å². The van der Waals surface area contributed by atoms with Crippen LogP contribution in [-0.4, -0.2) is 40.6 Å². The predicted octanol–water partition coefficient (Wildman–Crippen LogP) is 4.07. The van der Waals surface area contributed by atoms with Crippen LogP contribution < -0.4 is 20.8 Å². The molecule has 1 aromatic heterocycles. The van der Waals surface area contributed by atoms with E-state index in [-0.39, 0.29) is 42.3 Å². The van der Waals surface area contributed by atoms with Crippen molar-refractivity contribution in [2.45, 2.75) is 12.5 Å². The quantitative estimate of drug-likeness (QED) is 0.319. The second-order valence-electron chi connectivity index (χ2n) is 8.99. The van der Waals surface area contributed by atoms with Gasteiger partial charge in [-0.2, -0.15) is 10.1 Å². The summed E-state index contributed by atoms with van der Waals surface area (Å²) in [7, 11) is 0. The van der Waals surface area contributed by atoms with E-state index in [2.05, 4.69) is 15.3 Å². The first-order valence-electron chi connectivity index (χ1n) is 12.3. The highest BCUT2D eigenvalue weighted by Gasteiger charge is 2.33. The summed E-state index contributed by atoms with van der Waals surface area (Å²) in [4.78, 5) is 33.0. The number of hydrogen-bond acceptors (Lipinski definition) is 7. The molecule has 202 valence electrons. The topological polar surface area (TPSA) is 123 Å². The number of anilines is 1. The maximum absolute atomic E-state index is 13.7. The largest absolute Gasteiger partial charge is 0.459 e. The molecular formula is C29H24ClFN6O3. The number of halogens is 2. The molecule has 9 nitrogen and oxygen atoms in total. The first-order valence-corrected chi connectivity index (χ1v) is 12.7. The van der Waals surface area contributed by atoms with Gasteiger partial charge in [0.25, 0.3) is 5.91 Å². The number of hydrazone groups is 1. The number of primary amides is 1. The van der Waals surface area contributed by atoms with Gasteiger partial charge in [0.1, 0.15) is 18.0 Å². The highest BCUT2D eigenvalue weighted by molar-refractivity contribution is 6.30. The smallest absolute Gasteiger partial charge is 0.318 e. The van der Waals surface area contributed by atoms with Crippen molar-refractivity contribution in [1.82, 2.24) is 15.3 Å². The summed E-state index contributed by atoms with van der Waals surface area (Å²) < 4.78 is 19.5. The summed E-state index contributed by atoms with van der Waals surface area (Å²) in [5.41, 5.74) is 8.53. The molecule has 0 saturated carbocycles. The molecule has 2 heterocycles. The van der Waals surface area contributed by atoms with E-state index in [0.29, 0.717) is 17.3 Å². The van der Waals surface area contributed by atoms with Crippen LogP contribution in [0.4, 0.5) is 10.2 Å². The Bertz CT molecular complexity index is 1550. The third kappa shape index (κ3) is 6.24. The van der Waals surface area contributed by atoms with E-state index in [1.54, 1.807) is 29.3 Å². The lowest BCUT2D eigenvalue weighted by Gasteiger charge is -2.19. The standard InChI is InChI=1S/C29H24ClFN6O3/c30-21-10-6-18(7-11-21)17-40-29-34-14-23(28(39)33-15-25(32)38)27(35-29)37-16-24(19-4-2-1-3-5-19)26(36-37)20-8-12-22(31)13-9-20/h1-14,24H,15-17H2,(H2,32,38)(H,33,39). The third-order valence-electron chi connectivity index (χ3n) is 6.20. The second kappa shape index (κ2) is 11.9. The van der Waals surface area contributed by atoms with Crippen LogP contribution in [0, 0.1) is 5.82 Å². The molecule has 1 atom stereocenters. The van der Waals surface area contributed by atoms with Crippen LogP contribution in [0.25, 0.3) is 0 Å². The van der Waals surface area contributed by atoms with Crippen molar-refractivity contribution in [2.75, 3.05) is 18.1 Å². The molecule has 0 fully saturated rings. The van der Waals surface area contributed by atoms with Crippen molar-refractivity contribution in [3.63, 3.8) is 0 Å². The molecule has 11 heteroatoms. The van der Waals surface area contributed by atoms with Gasteiger partial charge in [-0.25, -0.2) is 14.4 Å². The average Bonchev–Trinajstić information content (AvgIpc) is 3.42. The van der Waals surface area contributed by atoms with Gasteiger partial charge >= 0.3 is 6.01 Å². The Morgan fingerprint density at radius 3 is 2.48 bits per heavy atom. The minimum Gasteiger partial charge on any atom is -0.459 e. The van der Waals surface area contributed by atoms with Crippen molar-refractivity contribution in [3.05, 3.63) is 118 Å². The van der Waals surface area contributed by atoms with E-state index >= 15 is 0 Å². The molecule has 0 bridgehead atoms. The Labute approximate surface area is 234 Å². The van der Waals surface area contributed by atoms with Crippen LogP contribution in [0.1, 0.15) is 33.0 Å². The van der Waals surface area contributed by atoms with Gasteiger partial charge < -0.3 is 15.8 Å². The molecule has 1 aliphatic rings. The molecule has 1 unspecified atom stereocenters. The first-order chi connectivity index (χ1) is 19.4. The molecule has 3 aromatic carbocycles. The number of nitrogens with zero attached hydrogens (tertiary/aromatic N) is 4. The Morgan fingerprint density at radius 1 is 1.05 bits per heavy atom. The van der Waals surface area contributed by atoms with Gasteiger partial charge in [-0.05, 0) is 41.0 Å². The van der Waals surface area contributed by atoms with E-state index in [0.717, 1.165) is 16.7 Å². The second-order valence-corrected chi connectivity index (χ2v) is 9.43. The number of benzene rings is 3. The predicted molar refractivity (Wildman–Crippen MR) is 149 cm³/mol. The van der Waals surface area contributed by atoms with Crippen LogP contribution in [0.15, 0.2) is 90.2 Å². The lowest BCUT2D eigenvalue weighted by atomic mass is 9.90. The number of ether oxygens (including phenoxy) is 1. The van der Waals surface area contributed by atoms with Gasteiger partial charge in [0.05, 0.1) is 18.8 Å². The number of nitrogens with two attached hydrogens (primary N) is 1. The van der Waals surface area contributed by atoms with Crippen LogP contribution in [-0.2, 0) is 11.4 Å². The van der Waals surface area contributed by atoms with Gasteiger partial charge in [0.15, 0.2) is 5.82 Å². The van der Waals surface area contributed by atoms with Crippen molar-refractivity contribution in [1.29, 1.82) is 0 Å². The summed E-state index contributed by atoms with van der Waals surface area (Å²) in [5.74, 6) is -1.68. The zero-order valence-electron chi connectivity index (χ0n) is 21.1. The normalized spacial score (nSPS) is 14.5. The van der Waals surface area contributed by atoms with E-state index in [9.17, 15) is 14.0 Å². The maximum Gasteiger partial charge on any atom is 0.318 e. The monoisotopic (exact) mass is 558 g/mol. The van der Waals surface area contributed by atoms with Gasteiger partial charge in [0, 0.05) is 17.1 Å². The molecule has 0 aliphatic carbocycles. The van der Waals surface area contributed by atoms with E-state index < -0.39 is 11.8 Å². The maximum atomic E-state index is 13.7. The minimum absolute atomic E-state index is 0.0260. The van der Waals surface area contributed by atoms with Crippen LogP contribution in [0.5, 0.6) is 6.01 Å². The first kappa shape index (κ1) is 26.8. The molecule has 3 N–H and O–H groups in total. The lowest BCUT2D eigenvalue weighted by Crippen LogP contribution is -2.34. The average molecular weight is 559 g/mol. The van der Waals surface area contributed by atoms with Crippen molar-refractivity contribution >= 4 is 34.9 Å². The third-order valence-corrected chi connectivity index (χ3v) is 6.45. The number of nitrogens with one attached hydrogen (secondary N) is 1. The van der Waals surface area contributed by atoms with Gasteiger partial charge in [-0.15, -0.1) is 0 Å². The van der Waals surface area contributed by atoms with E-state index in [4.69, 9.17) is 27.2 Å². The van der Waals surface area contributed by atoms with E-state index in [1.165, 1.54) is 18.3 Å². The number of rotatable bonds is 9. The van der Waals surface area contributed by atoms with Gasteiger partial charge in [-0.3, -0.25) is 9.59 Å². The number of carbonyl (C=O) groups is 2. The fraction of sp³-hybridized carbons (Fsp3) is 0.138. The molecule has 2 amide bonds. The molecule has 0 spiro atoms. The number of hydrogen-bond donors (Lipinski definition) is 2. The molecule has 1 aliphatic heterocycles. The number of aromatic nitrogens is 2. The van der Waals surface area contributed by atoms with Crippen molar-refractivity contribution < 1.29 is 18.7 Å². The SMILES string of the molecule is NC(=O)CNC(=O)c1cnc(OCc2ccc(Cl)cc2)nc1N1CC(c2ccccc2)C(c2ccc(F)cc2)=N1. The Morgan fingerprint density at radius 2 is 1.77 bits per heavy atom. The van der Waals surface area contributed by atoms with Gasteiger partial charge in [0.2, 0.25) is 5.91 Å². The summed E-state index contributed by atoms with van der Waals surface area (Å²) in [5, 5.41) is 9.48. The molecule has 0 saturated heterocycles. The summed E-state index contributed by atoms with van der Waals surface area (Å²) >= 11 is 5.97. The number of carbonyl (C=O) groups excluding carboxylic acids is 2. The molecule has 40 heavy (non-hydrogen) atoms. The molecule has 5 rings (SSSR count). The Hall–Kier alpha value is -4.83. The van der Waals surface area contributed by atoms with Gasteiger partial charge in [-0.1, -0.05) is 66.2 Å². The molecular weight excluding hydrogens is 535 g/mol. The van der Waals surface area contributed by atoms with Crippen LogP contribution in [0.2, 0.25) is 5.02 Å². The molecule has 4 aromatic rings. The highest BCUT2D eigenvalue weighted by Crippen LogP contribution is 2.33.